The van der Waals surface area contributed by atoms with E-state index in [2.05, 4.69) is 10.2 Å². The first-order valence-electron chi connectivity index (χ1n) is 15.4. The van der Waals surface area contributed by atoms with Gasteiger partial charge in [-0.05, 0) is 74.4 Å². The average molecular weight is 682 g/mol. The lowest BCUT2D eigenvalue weighted by Gasteiger charge is -2.40. The van der Waals surface area contributed by atoms with Gasteiger partial charge in [0.25, 0.3) is 5.69 Å². The van der Waals surface area contributed by atoms with Crippen LogP contribution in [0.25, 0.3) is 0 Å². The molecule has 10 nitrogen and oxygen atoms in total. The van der Waals surface area contributed by atoms with Gasteiger partial charge in [-0.15, -0.1) is 0 Å². The van der Waals surface area contributed by atoms with Crippen molar-refractivity contribution >= 4 is 58.0 Å². The SMILES string of the molecule is COC(=O)c1c(C)cc(N2CC[C@H]3[C@@H](C2=O)[C@H](c2cccc(Cl)c2F)[C@]2(C(=O)Nc4cc(Cl)ccc42)N3CC2CC2)c([N+](=O)[O-])c1C. The van der Waals surface area contributed by atoms with Crippen LogP contribution < -0.4 is 10.2 Å². The molecule has 244 valence electrons. The first-order chi connectivity index (χ1) is 22.4. The molecule has 2 amide bonds. The van der Waals surface area contributed by atoms with Gasteiger partial charge in [-0.1, -0.05) is 41.4 Å². The Morgan fingerprint density at radius 2 is 1.89 bits per heavy atom. The number of benzene rings is 3. The van der Waals surface area contributed by atoms with Crippen molar-refractivity contribution in [3.05, 3.63) is 96.3 Å². The highest BCUT2D eigenvalue weighted by Gasteiger charge is 2.70. The summed E-state index contributed by atoms with van der Waals surface area (Å²) in [4.78, 5) is 57.5. The number of hydrogen-bond acceptors (Lipinski definition) is 7. The number of fused-ring (bicyclic) bond motifs is 3. The van der Waals surface area contributed by atoms with Gasteiger partial charge >= 0.3 is 5.97 Å². The van der Waals surface area contributed by atoms with Gasteiger partial charge in [-0.2, -0.15) is 0 Å². The Morgan fingerprint density at radius 3 is 2.57 bits per heavy atom. The van der Waals surface area contributed by atoms with Gasteiger partial charge in [-0.3, -0.25) is 24.6 Å². The number of halogens is 3. The fourth-order valence-corrected chi connectivity index (χ4v) is 8.63. The van der Waals surface area contributed by atoms with Crippen LogP contribution in [0.5, 0.6) is 0 Å². The summed E-state index contributed by atoms with van der Waals surface area (Å²) in [5, 5.41) is 15.8. The van der Waals surface area contributed by atoms with E-state index in [0.717, 1.165) is 12.8 Å². The number of amides is 2. The average Bonchev–Trinajstić information content (AvgIpc) is 3.74. The second kappa shape index (κ2) is 11.3. The lowest BCUT2D eigenvalue weighted by Crippen LogP contribution is -2.54. The maximum atomic E-state index is 16.2. The molecule has 4 atom stereocenters. The van der Waals surface area contributed by atoms with Crippen molar-refractivity contribution in [1.82, 2.24) is 4.90 Å². The molecule has 0 radical (unpaired) electrons. The zero-order chi connectivity index (χ0) is 33.5. The number of nitrogens with zero attached hydrogens (tertiary/aromatic N) is 3. The first-order valence-corrected chi connectivity index (χ1v) is 16.2. The zero-order valence-corrected chi connectivity index (χ0v) is 27.3. The fourth-order valence-electron chi connectivity index (χ4n) is 8.28. The summed E-state index contributed by atoms with van der Waals surface area (Å²) in [6, 6.07) is 10.6. The number of likely N-dealkylation sites (tertiary alicyclic amines) is 1. The number of nitro groups is 1. The molecule has 0 bridgehead atoms. The number of rotatable bonds is 6. The van der Waals surface area contributed by atoms with Crippen molar-refractivity contribution in [2.75, 3.05) is 30.4 Å². The maximum absolute atomic E-state index is 16.2. The molecule has 4 aliphatic rings. The Morgan fingerprint density at radius 1 is 1.15 bits per heavy atom. The van der Waals surface area contributed by atoms with Crippen molar-refractivity contribution in [2.45, 2.75) is 50.6 Å². The van der Waals surface area contributed by atoms with Gasteiger partial charge in [0, 0.05) is 46.9 Å². The minimum absolute atomic E-state index is 0.0316. The Hall–Kier alpha value is -4.06. The lowest BCUT2D eigenvalue weighted by atomic mass is 9.70. The number of piperidine rings is 1. The number of carbonyl (C=O) groups excluding carboxylic acids is 3. The van der Waals surface area contributed by atoms with Crippen molar-refractivity contribution in [2.24, 2.45) is 11.8 Å². The number of hydrogen-bond donors (Lipinski definition) is 1. The van der Waals surface area contributed by atoms with E-state index in [1.54, 1.807) is 37.3 Å². The van der Waals surface area contributed by atoms with E-state index in [0.29, 0.717) is 40.7 Å². The lowest BCUT2D eigenvalue weighted by molar-refractivity contribution is -0.384. The summed E-state index contributed by atoms with van der Waals surface area (Å²) in [6.45, 7) is 3.69. The summed E-state index contributed by atoms with van der Waals surface area (Å²) in [5.41, 5.74) is -0.130. The monoisotopic (exact) mass is 680 g/mol. The number of anilines is 2. The molecule has 1 saturated carbocycles. The molecule has 3 aromatic carbocycles. The van der Waals surface area contributed by atoms with Crippen LogP contribution in [0.3, 0.4) is 0 Å². The third kappa shape index (κ3) is 4.57. The minimum Gasteiger partial charge on any atom is -0.465 e. The molecule has 0 aromatic heterocycles. The molecule has 3 heterocycles. The van der Waals surface area contributed by atoms with Gasteiger partial charge in [0.2, 0.25) is 11.8 Å². The van der Waals surface area contributed by atoms with Crippen molar-refractivity contribution in [3.63, 3.8) is 0 Å². The second-order valence-corrected chi connectivity index (χ2v) is 13.7. The number of methoxy groups -OCH3 is 1. The van der Waals surface area contributed by atoms with Gasteiger partial charge in [0.15, 0.2) is 0 Å². The van der Waals surface area contributed by atoms with E-state index >= 15 is 4.39 Å². The van der Waals surface area contributed by atoms with Crippen LogP contribution in [0, 0.1) is 41.6 Å². The summed E-state index contributed by atoms with van der Waals surface area (Å²) < 4.78 is 21.1. The minimum atomic E-state index is -1.48. The zero-order valence-electron chi connectivity index (χ0n) is 25.8. The Balaban J connectivity index is 1.46. The summed E-state index contributed by atoms with van der Waals surface area (Å²) in [5.74, 6) is -4.06. The van der Waals surface area contributed by atoms with Crippen molar-refractivity contribution < 1.29 is 28.4 Å². The Bertz CT molecular complexity index is 1900. The fraction of sp³-hybridized carbons (Fsp3) is 0.382. The third-order valence-corrected chi connectivity index (χ3v) is 10.8. The molecule has 3 aromatic rings. The highest BCUT2D eigenvalue weighted by atomic mass is 35.5. The molecule has 13 heteroatoms. The summed E-state index contributed by atoms with van der Waals surface area (Å²) in [7, 11) is 1.19. The van der Waals surface area contributed by atoms with Crippen LogP contribution in [0.4, 0.5) is 21.5 Å². The summed E-state index contributed by atoms with van der Waals surface area (Å²) >= 11 is 12.7. The van der Waals surface area contributed by atoms with Crippen molar-refractivity contribution in [1.29, 1.82) is 0 Å². The van der Waals surface area contributed by atoms with Crippen LogP contribution in [-0.4, -0.2) is 53.8 Å². The largest absolute Gasteiger partial charge is 0.465 e. The summed E-state index contributed by atoms with van der Waals surface area (Å²) in [6.07, 6.45) is 2.28. The van der Waals surface area contributed by atoms with E-state index in [1.165, 1.54) is 31.1 Å². The molecule has 1 aliphatic carbocycles. The van der Waals surface area contributed by atoms with Crippen LogP contribution in [0.2, 0.25) is 10.0 Å². The molecule has 3 fully saturated rings. The maximum Gasteiger partial charge on any atom is 0.338 e. The predicted molar refractivity (Wildman–Crippen MR) is 173 cm³/mol. The van der Waals surface area contributed by atoms with Gasteiger partial charge in [0.05, 0.1) is 28.5 Å². The molecule has 47 heavy (non-hydrogen) atoms. The molecule has 2 saturated heterocycles. The van der Waals surface area contributed by atoms with Crippen LogP contribution in [-0.2, 0) is 19.9 Å². The third-order valence-electron chi connectivity index (χ3n) is 10.3. The Kier molecular flexibility index (Phi) is 7.57. The standard InChI is InChI=1S/C34H31Cl2FN4O6/c1-16-13-25(30(41(45)46)17(2)26(16)32(43)47-3)39-12-11-24-27(31(39)42)28(20-5-4-6-22(36)29(20)37)34(40(24)15-18-7-8-18)21-10-9-19(35)14-23(21)38-33(34)44/h4-6,9-10,13-14,18,24,27-28H,7-8,11-12,15H2,1-3H3,(H,38,44)/t24-,27+,28-,34+/m0/s1. The number of ether oxygens (including phenoxy) is 1. The highest BCUT2D eigenvalue weighted by Crippen LogP contribution is 2.62. The van der Waals surface area contributed by atoms with E-state index in [-0.39, 0.29) is 33.9 Å². The van der Waals surface area contributed by atoms with E-state index < -0.39 is 57.6 Å². The van der Waals surface area contributed by atoms with E-state index in [9.17, 15) is 24.5 Å². The topological polar surface area (TPSA) is 122 Å². The number of esters is 1. The van der Waals surface area contributed by atoms with E-state index in [4.69, 9.17) is 27.9 Å². The predicted octanol–water partition coefficient (Wildman–Crippen LogP) is 6.52. The van der Waals surface area contributed by atoms with Crippen LogP contribution >= 0.6 is 23.2 Å². The molecule has 3 aliphatic heterocycles. The van der Waals surface area contributed by atoms with Gasteiger partial charge in [-0.25, -0.2) is 9.18 Å². The molecule has 7 rings (SSSR count). The van der Waals surface area contributed by atoms with Crippen LogP contribution in [0.1, 0.15) is 57.8 Å². The Labute approximate surface area is 279 Å². The smallest absolute Gasteiger partial charge is 0.338 e. The van der Waals surface area contributed by atoms with Gasteiger partial charge in [0.1, 0.15) is 17.0 Å². The number of nitrogens with one attached hydrogen (secondary N) is 1. The van der Waals surface area contributed by atoms with Gasteiger partial charge < -0.3 is 15.0 Å². The number of carbonyl (C=O) groups is 3. The normalized spacial score (nSPS) is 25.1. The van der Waals surface area contributed by atoms with Crippen molar-refractivity contribution in [3.8, 4) is 0 Å². The van der Waals surface area contributed by atoms with Crippen LogP contribution in [0.15, 0.2) is 42.5 Å². The first kappa shape index (κ1) is 31.5. The van der Waals surface area contributed by atoms with E-state index in [1.807, 2.05) is 0 Å². The number of aryl methyl sites for hydroxylation is 1. The molecule has 1 spiro atoms. The quantitative estimate of drug-likeness (QED) is 0.179. The molecular formula is C34H31Cl2FN4O6. The number of nitro benzene ring substituents is 1. The molecular weight excluding hydrogens is 650 g/mol. The highest BCUT2D eigenvalue weighted by molar-refractivity contribution is 6.31. The second-order valence-electron chi connectivity index (χ2n) is 12.8. The molecule has 1 N–H and O–H groups in total. The molecule has 0 unspecified atom stereocenters.